The number of Topliss-reactive ketones (excluding diaryl/α,β-unsaturated/α-hetero) is 1. The first kappa shape index (κ1) is 15.2. The zero-order chi connectivity index (χ0) is 15.9. The van der Waals surface area contributed by atoms with E-state index in [2.05, 4.69) is 5.10 Å². The average Bonchev–Trinajstić information content (AvgIpc) is 3.25. The highest BCUT2D eigenvalue weighted by atomic mass is 35.5. The van der Waals surface area contributed by atoms with Gasteiger partial charge in [-0.2, -0.15) is 5.10 Å². The topological polar surface area (TPSA) is 64.4 Å². The fraction of sp³-hybridized carbons (Fsp3) is 0.333. The molecule has 5 nitrogen and oxygen atoms in total. The Morgan fingerprint density at radius 1 is 1.45 bits per heavy atom. The van der Waals surface area contributed by atoms with E-state index in [9.17, 15) is 9.90 Å². The lowest BCUT2D eigenvalue weighted by molar-refractivity contribution is 0.0917. The summed E-state index contributed by atoms with van der Waals surface area (Å²) in [6, 6.07) is 4.77. The number of nitrogens with zero attached hydrogens (tertiary/aromatic N) is 2. The van der Waals surface area contributed by atoms with Crippen LogP contribution in [0.2, 0.25) is 10.0 Å². The highest BCUT2D eigenvalue weighted by Gasteiger charge is 2.34. The maximum atomic E-state index is 12.4. The summed E-state index contributed by atoms with van der Waals surface area (Å²) in [6.07, 6.45) is 1.97. The van der Waals surface area contributed by atoms with Crippen LogP contribution in [-0.4, -0.2) is 27.3 Å². The van der Waals surface area contributed by atoms with Crippen LogP contribution in [0.15, 0.2) is 18.2 Å². The van der Waals surface area contributed by atoms with Crippen LogP contribution in [-0.2, 0) is 7.05 Å². The summed E-state index contributed by atoms with van der Waals surface area (Å²) < 4.78 is 6.75. The van der Waals surface area contributed by atoms with Gasteiger partial charge in [0.05, 0.1) is 10.7 Å². The number of aromatic nitrogens is 2. The monoisotopic (exact) mass is 340 g/mol. The second-order valence-corrected chi connectivity index (χ2v) is 6.11. The molecule has 3 rings (SSSR count). The van der Waals surface area contributed by atoms with E-state index in [4.69, 9.17) is 27.9 Å². The lowest BCUT2D eigenvalue weighted by Crippen LogP contribution is -2.13. The van der Waals surface area contributed by atoms with Gasteiger partial charge < -0.3 is 9.84 Å². The predicted octanol–water partition coefficient (Wildman–Crippen LogP) is 3.57. The van der Waals surface area contributed by atoms with Gasteiger partial charge in [-0.25, -0.2) is 4.68 Å². The van der Waals surface area contributed by atoms with Crippen molar-refractivity contribution >= 4 is 29.0 Å². The van der Waals surface area contributed by atoms with Crippen LogP contribution in [0.3, 0.4) is 0 Å². The van der Waals surface area contributed by atoms with Crippen molar-refractivity contribution in [2.75, 3.05) is 6.61 Å². The molecular formula is C15H14Cl2N2O3. The van der Waals surface area contributed by atoms with Crippen molar-refractivity contribution in [1.29, 1.82) is 0 Å². The summed E-state index contributed by atoms with van der Waals surface area (Å²) in [7, 11) is 1.61. The second-order valence-electron chi connectivity index (χ2n) is 5.27. The molecule has 0 saturated heterocycles. The molecule has 1 fully saturated rings. The zero-order valence-corrected chi connectivity index (χ0v) is 13.4. The zero-order valence-electron chi connectivity index (χ0n) is 11.8. The minimum Gasteiger partial charge on any atom is -0.493 e. The smallest absolute Gasteiger partial charge is 0.220 e. The molecule has 1 aromatic heterocycles. The molecule has 1 saturated carbocycles. The van der Waals surface area contributed by atoms with Crippen molar-refractivity contribution < 1.29 is 14.6 Å². The molecule has 116 valence electrons. The van der Waals surface area contributed by atoms with E-state index in [1.807, 2.05) is 0 Å². The first-order valence-electron chi connectivity index (χ1n) is 6.84. The lowest BCUT2D eigenvalue weighted by Gasteiger charge is -2.08. The van der Waals surface area contributed by atoms with E-state index < -0.39 is 0 Å². The molecule has 7 heteroatoms. The Kier molecular flexibility index (Phi) is 4.02. The number of ketones is 1. The Bertz CT molecular complexity index is 739. The Morgan fingerprint density at radius 3 is 2.82 bits per heavy atom. The average molecular weight is 341 g/mol. The summed E-state index contributed by atoms with van der Waals surface area (Å²) in [4.78, 5) is 12.4. The molecular weight excluding hydrogens is 327 g/mol. The Balaban J connectivity index is 1.77. The van der Waals surface area contributed by atoms with Crippen LogP contribution in [0, 0.1) is 0 Å². The first-order chi connectivity index (χ1) is 10.5. The third kappa shape index (κ3) is 2.91. The molecule has 0 unspecified atom stereocenters. The quantitative estimate of drug-likeness (QED) is 0.845. The predicted molar refractivity (Wildman–Crippen MR) is 83.1 cm³/mol. The van der Waals surface area contributed by atoms with E-state index >= 15 is 0 Å². The number of hydrogen-bond acceptors (Lipinski definition) is 4. The Labute approximate surface area is 137 Å². The van der Waals surface area contributed by atoms with Gasteiger partial charge in [-0.3, -0.25) is 4.79 Å². The number of halogens is 2. The number of rotatable bonds is 5. The fourth-order valence-corrected chi connectivity index (χ4v) is 2.72. The molecule has 0 amide bonds. The minimum atomic E-state index is -0.321. The fourth-order valence-electron chi connectivity index (χ4n) is 2.25. The van der Waals surface area contributed by atoms with Crippen molar-refractivity contribution in [3.05, 3.63) is 39.5 Å². The van der Waals surface area contributed by atoms with Crippen molar-refractivity contribution in [3.63, 3.8) is 0 Å². The van der Waals surface area contributed by atoms with E-state index in [1.54, 1.807) is 25.2 Å². The molecule has 1 aliphatic carbocycles. The van der Waals surface area contributed by atoms with E-state index in [0.29, 0.717) is 21.5 Å². The normalized spacial score (nSPS) is 14.1. The van der Waals surface area contributed by atoms with Crippen molar-refractivity contribution in [2.24, 2.45) is 7.05 Å². The number of benzene rings is 1. The summed E-state index contributed by atoms with van der Waals surface area (Å²) >= 11 is 11.8. The van der Waals surface area contributed by atoms with Crippen LogP contribution in [0.4, 0.5) is 0 Å². The molecule has 2 aromatic rings. The summed E-state index contributed by atoms with van der Waals surface area (Å²) in [5, 5.41) is 15.1. The molecule has 0 radical (unpaired) electrons. The van der Waals surface area contributed by atoms with Crippen LogP contribution in [0.25, 0.3) is 0 Å². The number of carbonyl (C=O) groups excluding carboxylic acids is 1. The lowest BCUT2D eigenvalue weighted by atomic mass is 10.1. The van der Waals surface area contributed by atoms with E-state index in [0.717, 1.165) is 12.8 Å². The molecule has 1 aromatic carbocycles. The van der Waals surface area contributed by atoms with Gasteiger partial charge in [-0.05, 0) is 31.0 Å². The maximum Gasteiger partial charge on any atom is 0.220 e. The van der Waals surface area contributed by atoms with Gasteiger partial charge in [-0.15, -0.1) is 0 Å². The van der Waals surface area contributed by atoms with Gasteiger partial charge in [0.2, 0.25) is 11.7 Å². The third-order valence-electron chi connectivity index (χ3n) is 3.54. The highest BCUT2D eigenvalue weighted by molar-refractivity contribution is 6.35. The van der Waals surface area contributed by atoms with E-state index in [1.165, 1.54) is 4.68 Å². The summed E-state index contributed by atoms with van der Waals surface area (Å²) in [5.41, 5.74) is 0.894. The van der Waals surface area contributed by atoms with Crippen molar-refractivity contribution in [3.8, 4) is 11.6 Å². The van der Waals surface area contributed by atoms with Crippen LogP contribution in [0.5, 0.6) is 11.6 Å². The summed E-state index contributed by atoms with van der Waals surface area (Å²) in [5.74, 6) is 0.178. The van der Waals surface area contributed by atoms with Crippen molar-refractivity contribution in [2.45, 2.75) is 18.8 Å². The largest absolute Gasteiger partial charge is 0.493 e. The Hall–Kier alpha value is -1.72. The van der Waals surface area contributed by atoms with E-state index in [-0.39, 0.29) is 29.8 Å². The molecule has 0 aliphatic heterocycles. The van der Waals surface area contributed by atoms with Gasteiger partial charge in [0.1, 0.15) is 11.3 Å². The molecule has 22 heavy (non-hydrogen) atoms. The summed E-state index contributed by atoms with van der Waals surface area (Å²) in [6.45, 7) is -0.222. The standard InChI is InChI=1S/C15H14Cl2N2O3/c1-19-15(21)13(14(18-19)8-2-3-8)11(20)7-22-12-5-4-9(16)6-10(12)17/h4-6,8,21H,2-3,7H2,1H3. The van der Waals surface area contributed by atoms with Gasteiger partial charge in [0.25, 0.3) is 0 Å². The van der Waals surface area contributed by atoms with Gasteiger partial charge in [0, 0.05) is 18.0 Å². The third-order valence-corrected chi connectivity index (χ3v) is 4.07. The second kappa shape index (κ2) is 5.82. The first-order valence-corrected chi connectivity index (χ1v) is 7.60. The Morgan fingerprint density at radius 2 is 2.18 bits per heavy atom. The van der Waals surface area contributed by atoms with Crippen LogP contribution < -0.4 is 4.74 Å². The molecule has 0 atom stereocenters. The maximum absolute atomic E-state index is 12.4. The highest BCUT2D eigenvalue weighted by Crippen LogP contribution is 2.43. The van der Waals surface area contributed by atoms with Gasteiger partial charge >= 0.3 is 0 Å². The van der Waals surface area contributed by atoms with Crippen molar-refractivity contribution in [1.82, 2.24) is 9.78 Å². The molecule has 0 spiro atoms. The minimum absolute atomic E-state index is 0.127. The number of hydrogen-bond donors (Lipinski definition) is 1. The number of aryl methyl sites for hydroxylation is 1. The SMILES string of the molecule is Cn1nc(C2CC2)c(C(=O)COc2ccc(Cl)cc2Cl)c1O. The van der Waals surface area contributed by atoms with Gasteiger partial charge in [-0.1, -0.05) is 23.2 Å². The number of carbonyl (C=O) groups is 1. The molecule has 1 heterocycles. The van der Waals surface area contributed by atoms with Crippen LogP contribution >= 0.6 is 23.2 Å². The molecule has 1 aliphatic rings. The van der Waals surface area contributed by atoms with Crippen LogP contribution in [0.1, 0.15) is 34.8 Å². The number of aromatic hydroxyl groups is 1. The number of ether oxygens (including phenoxy) is 1. The van der Waals surface area contributed by atoms with Gasteiger partial charge in [0.15, 0.2) is 6.61 Å². The molecule has 0 bridgehead atoms. The molecule has 1 N–H and O–H groups in total.